The minimum Gasteiger partial charge on any atom is -0.481 e. The molecule has 2 aromatic rings. The number of carbonyl (C=O) groups is 1. The Balaban J connectivity index is 2.10. The molecule has 0 spiro atoms. The monoisotopic (exact) mass is 272 g/mol. The lowest BCUT2D eigenvalue weighted by molar-refractivity contribution is -0.133. The zero-order valence-corrected chi connectivity index (χ0v) is 10.8. The second kappa shape index (κ2) is 4.94. The number of hydrogen-bond acceptors (Lipinski definition) is 6. The van der Waals surface area contributed by atoms with Crippen LogP contribution in [0.5, 0.6) is 0 Å². The fourth-order valence-electron chi connectivity index (χ4n) is 1.04. The van der Waals surface area contributed by atoms with Gasteiger partial charge < -0.3 is 5.11 Å². The van der Waals surface area contributed by atoms with Crippen molar-refractivity contribution in [3.63, 3.8) is 0 Å². The number of nitrogens with zero attached hydrogens (tertiary/aromatic N) is 2. The Hall–Kier alpha value is -0.920. The van der Waals surface area contributed by atoms with Gasteiger partial charge in [0.15, 0.2) is 9.35 Å². The lowest BCUT2D eigenvalue weighted by atomic mass is 10.4. The lowest BCUT2D eigenvalue weighted by Gasteiger charge is -1.88. The predicted octanol–water partition coefficient (Wildman–Crippen LogP) is 2.75. The van der Waals surface area contributed by atoms with Gasteiger partial charge in [0.25, 0.3) is 0 Å². The summed E-state index contributed by atoms with van der Waals surface area (Å²) in [6.07, 6.45) is 0. The molecule has 84 valence electrons. The number of rotatable bonds is 4. The first kappa shape index (κ1) is 11.6. The van der Waals surface area contributed by atoms with Gasteiger partial charge in [-0.3, -0.25) is 4.79 Å². The topological polar surface area (TPSA) is 63.1 Å². The van der Waals surface area contributed by atoms with Crippen molar-refractivity contribution in [2.45, 2.75) is 11.3 Å². The highest BCUT2D eigenvalue weighted by Crippen LogP contribution is 2.33. The third kappa shape index (κ3) is 2.81. The summed E-state index contributed by atoms with van der Waals surface area (Å²) in [6, 6.07) is 4.04. The molecule has 4 nitrogen and oxygen atoms in total. The van der Waals surface area contributed by atoms with Crippen LogP contribution >= 0.6 is 34.4 Å². The summed E-state index contributed by atoms with van der Waals surface area (Å²) in [5.74, 6) is -0.813. The molecule has 2 aromatic heterocycles. The van der Waals surface area contributed by atoms with Crippen molar-refractivity contribution < 1.29 is 9.90 Å². The summed E-state index contributed by atoms with van der Waals surface area (Å²) in [6.45, 7) is 2.04. The zero-order valence-electron chi connectivity index (χ0n) is 8.34. The quantitative estimate of drug-likeness (QED) is 0.867. The first-order valence-corrected chi connectivity index (χ1v) is 7.02. The Kier molecular flexibility index (Phi) is 3.57. The highest BCUT2D eigenvalue weighted by molar-refractivity contribution is 8.01. The molecule has 0 amide bonds. The van der Waals surface area contributed by atoms with Gasteiger partial charge in [-0.05, 0) is 19.1 Å². The number of aryl methyl sites for hydroxylation is 1. The molecule has 0 unspecified atom stereocenters. The van der Waals surface area contributed by atoms with Crippen LogP contribution < -0.4 is 0 Å². The SMILES string of the molecule is Cc1ccc(-c2nnc(SCC(=O)O)s2)s1. The number of carboxylic acid groups (broad SMARTS) is 1. The maximum Gasteiger partial charge on any atom is 0.313 e. The zero-order chi connectivity index (χ0) is 11.5. The molecule has 1 N–H and O–H groups in total. The molecule has 0 aromatic carbocycles. The smallest absolute Gasteiger partial charge is 0.313 e. The Bertz CT molecular complexity index is 506. The molecule has 2 rings (SSSR count). The normalized spacial score (nSPS) is 10.6. The van der Waals surface area contributed by atoms with Crippen molar-refractivity contribution in [2.75, 3.05) is 5.75 Å². The Morgan fingerprint density at radius 2 is 2.25 bits per heavy atom. The minimum absolute atomic E-state index is 0.0259. The number of carboxylic acids is 1. The minimum atomic E-state index is -0.839. The van der Waals surface area contributed by atoms with Gasteiger partial charge in [-0.25, -0.2) is 0 Å². The molecule has 0 radical (unpaired) electrons. The average molecular weight is 272 g/mol. The van der Waals surface area contributed by atoms with Gasteiger partial charge in [0.2, 0.25) is 0 Å². The van der Waals surface area contributed by atoms with Crippen molar-refractivity contribution in [3.8, 4) is 9.88 Å². The van der Waals surface area contributed by atoms with Crippen LogP contribution in [-0.4, -0.2) is 27.0 Å². The fourth-order valence-corrected chi connectivity index (χ4v) is 3.53. The second-order valence-electron chi connectivity index (χ2n) is 2.97. The van der Waals surface area contributed by atoms with Gasteiger partial charge in [-0.1, -0.05) is 23.1 Å². The lowest BCUT2D eigenvalue weighted by Crippen LogP contribution is -1.96. The molecule has 16 heavy (non-hydrogen) atoms. The van der Waals surface area contributed by atoms with Crippen LogP contribution in [0.1, 0.15) is 4.88 Å². The van der Waals surface area contributed by atoms with Gasteiger partial charge in [0.1, 0.15) is 0 Å². The van der Waals surface area contributed by atoms with Crippen LogP contribution in [0.2, 0.25) is 0 Å². The first-order chi connectivity index (χ1) is 7.65. The number of aromatic nitrogens is 2. The van der Waals surface area contributed by atoms with E-state index < -0.39 is 5.97 Å². The summed E-state index contributed by atoms with van der Waals surface area (Å²) in [7, 11) is 0. The third-order valence-corrected chi connectivity index (χ3v) is 4.89. The first-order valence-electron chi connectivity index (χ1n) is 4.40. The average Bonchev–Trinajstić information content (AvgIpc) is 2.83. The molecule has 0 saturated carbocycles. The summed E-state index contributed by atoms with van der Waals surface area (Å²) in [4.78, 5) is 12.7. The molecular weight excluding hydrogens is 264 g/mol. The highest BCUT2D eigenvalue weighted by atomic mass is 32.2. The summed E-state index contributed by atoms with van der Waals surface area (Å²) in [5, 5.41) is 17.4. The van der Waals surface area contributed by atoms with Crippen molar-refractivity contribution >= 4 is 40.4 Å². The van der Waals surface area contributed by atoms with Crippen LogP contribution in [0.25, 0.3) is 9.88 Å². The number of thioether (sulfide) groups is 1. The van der Waals surface area contributed by atoms with Crippen molar-refractivity contribution in [2.24, 2.45) is 0 Å². The van der Waals surface area contributed by atoms with E-state index in [-0.39, 0.29) is 5.75 Å². The van der Waals surface area contributed by atoms with Crippen molar-refractivity contribution in [1.29, 1.82) is 0 Å². The Morgan fingerprint density at radius 1 is 1.44 bits per heavy atom. The molecule has 0 bridgehead atoms. The highest BCUT2D eigenvalue weighted by Gasteiger charge is 2.09. The summed E-state index contributed by atoms with van der Waals surface area (Å²) >= 11 is 4.29. The van der Waals surface area contributed by atoms with Gasteiger partial charge in [0, 0.05) is 4.88 Å². The van der Waals surface area contributed by atoms with E-state index in [0.717, 1.165) is 9.88 Å². The molecule has 0 aliphatic carbocycles. The second-order valence-corrected chi connectivity index (χ2v) is 6.45. The molecule has 0 aliphatic rings. The van der Waals surface area contributed by atoms with E-state index in [1.165, 1.54) is 28.0 Å². The van der Waals surface area contributed by atoms with Gasteiger partial charge in [-0.15, -0.1) is 21.5 Å². The van der Waals surface area contributed by atoms with E-state index in [1.54, 1.807) is 11.3 Å². The molecule has 0 fully saturated rings. The number of thiophene rings is 1. The summed E-state index contributed by atoms with van der Waals surface area (Å²) in [5.41, 5.74) is 0. The Labute approximate surface area is 104 Å². The molecule has 7 heteroatoms. The van der Waals surface area contributed by atoms with Crippen LogP contribution in [0.15, 0.2) is 16.5 Å². The van der Waals surface area contributed by atoms with E-state index >= 15 is 0 Å². The maximum absolute atomic E-state index is 10.4. The van der Waals surface area contributed by atoms with Crippen LogP contribution in [0.3, 0.4) is 0 Å². The molecule has 0 saturated heterocycles. The van der Waals surface area contributed by atoms with Gasteiger partial charge >= 0.3 is 5.97 Å². The van der Waals surface area contributed by atoms with E-state index in [0.29, 0.717) is 4.34 Å². The Morgan fingerprint density at radius 3 is 2.88 bits per heavy atom. The summed E-state index contributed by atoms with van der Waals surface area (Å²) < 4.78 is 0.698. The van der Waals surface area contributed by atoms with Crippen molar-refractivity contribution in [1.82, 2.24) is 10.2 Å². The van der Waals surface area contributed by atoms with E-state index in [1.807, 2.05) is 19.1 Å². The van der Waals surface area contributed by atoms with Crippen LogP contribution in [-0.2, 0) is 4.79 Å². The molecular formula is C9H8N2O2S3. The van der Waals surface area contributed by atoms with Crippen LogP contribution in [0, 0.1) is 6.92 Å². The maximum atomic E-state index is 10.4. The third-order valence-electron chi connectivity index (χ3n) is 1.68. The molecule has 0 atom stereocenters. The number of aliphatic carboxylic acids is 1. The molecule has 0 aliphatic heterocycles. The molecule has 2 heterocycles. The number of hydrogen-bond donors (Lipinski definition) is 1. The van der Waals surface area contributed by atoms with Gasteiger partial charge in [0.05, 0.1) is 10.6 Å². The van der Waals surface area contributed by atoms with E-state index in [2.05, 4.69) is 10.2 Å². The van der Waals surface area contributed by atoms with E-state index in [4.69, 9.17) is 5.11 Å². The van der Waals surface area contributed by atoms with Gasteiger partial charge in [-0.2, -0.15) is 0 Å². The largest absolute Gasteiger partial charge is 0.481 e. The van der Waals surface area contributed by atoms with E-state index in [9.17, 15) is 4.79 Å². The predicted molar refractivity (Wildman–Crippen MR) is 66.3 cm³/mol. The van der Waals surface area contributed by atoms with Crippen molar-refractivity contribution in [3.05, 3.63) is 17.0 Å². The fraction of sp³-hybridized carbons (Fsp3) is 0.222. The van der Waals surface area contributed by atoms with Crippen LogP contribution in [0.4, 0.5) is 0 Å². The standard InChI is InChI=1S/C9H8N2O2S3/c1-5-2-3-6(15-5)8-10-11-9(16-8)14-4-7(12)13/h2-3H,4H2,1H3,(H,12,13).